The van der Waals surface area contributed by atoms with E-state index in [1.54, 1.807) is 20.2 Å². The molecular formula is C15H19N3O3. The lowest BCUT2D eigenvalue weighted by Gasteiger charge is -2.24. The molecule has 0 aliphatic rings. The summed E-state index contributed by atoms with van der Waals surface area (Å²) in [6.07, 6.45) is 0.567. The van der Waals surface area contributed by atoms with Gasteiger partial charge in [-0.2, -0.15) is 5.26 Å². The summed E-state index contributed by atoms with van der Waals surface area (Å²) in [5, 5.41) is 10.6. The van der Waals surface area contributed by atoms with Crippen molar-refractivity contribution >= 4 is 11.8 Å². The minimum atomic E-state index is -0.772. The van der Waals surface area contributed by atoms with E-state index in [1.165, 1.54) is 4.90 Å². The molecule has 0 aliphatic carbocycles. The largest absolute Gasteiger partial charge is 0.496 e. The van der Waals surface area contributed by atoms with Gasteiger partial charge in [0.25, 0.3) is 0 Å². The van der Waals surface area contributed by atoms with Gasteiger partial charge in [-0.15, -0.1) is 0 Å². The number of nitrogens with one attached hydrogen (secondary N) is 1. The standard InChI is InChI=1S/C15H19N3O3/c1-11(10-12-6-4-5-7-13(12)21-3)18(2)15(20)14(19)17-9-8-16/h4-7,11H,9-10H2,1-3H3,(H,17,19). The number of nitriles is 1. The number of benzene rings is 1. The Morgan fingerprint density at radius 3 is 2.71 bits per heavy atom. The van der Waals surface area contributed by atoms with Crippen molar-refractivity contribution in [3.63, 3.8) is 0 Å². The SMILES string of the molecule is COc1ccccc1CC(C)N(C)C(=O)C(=O)NCC#N. The first-order chi connectivity index (χ1) is 10.0. The number of likely N-dealkylation sites (N-methyl/N-ethyl adjacent to an activating group) is 1. The first kappa shape index (κ1) is 16.5. The zero-order chi connectivity index (χ0) is 15.8. The molecule has 0 bridgehead atoms. The first-order valence-corrected chi connectivity index (χ1v) is 6.55. The van der Waals surface area contributed by atoms with Crippen LogP contribution in [-0.4, -0.2) is 43.5 Å². The molecule has 1 aromatic rings. The molecule has 6 heteroatoms. The molecule has 1 unspecified atom stereocenters. The van der Waals surface area contributed by atoms with Crippen LogP contribution in [0.4, 0.5) is 0 Å². The highest BCUT2D eigenvalue weighted by Gasteiger charge is 2.23. The van der Waals surface area contributed by atoms with E-state index in [-0.39, 0.29) is 12.6 Å². The van der Waals surface area contributed by atoms with E-state index in [2.05, 4.69) is 5.32 Å². The minimum absolute atomic E-state index is 0.179. The maximum absolute atomic E-state index is 11.9. The summed E-state index contributed by atoms with van der Waals surface area (Å²) < 4.78 is 5.27. The van der Waals surface area contributed by atoms with Crippen LogP contribution in [0, 0.1) is 11.3 Å². The lowest BCUT2D eigenvalue weighted by Crippen LogP contribution is -2.45. The fraction of sp³-hybridized carbons (Fsp3) is 0.400. The Balaban J connectivity index is 2.70. The van der Waals surface area contributed by atoms with Crippen molar-refractivity contribution in [3.05, 3.63) is 29.8 Å². The van der Waals surface area contributed by atoms with Crippen LogP contribution in [0.3, 0.4) is 0 Å². The van der Waals surface area contributed by atoms with Crippen molar-refractivity contribution in [3.8, 4) is 11.8 Å². The maximum atomic E-state index is 11.9. The Labute approximate surface area is 124 Å². The highest BCUT2D eigenvalue weighted by molar-refractivity contribution is 6.35. The van der Waals surface area contributed by atoms with Crippen molar-refractivity contribution in [2.24, 2.45) is 0 Å². The van der Waals surface area contributed by atoms with Crippen LogP contribution < -0.4 is 10.1 Å². The van der Waals surface area contributed by atoms with Crippen LogP contribution in [-0.2, 0) is 16.0 Å². The van der Waals surface area contributed by atoms with E-state index < -0.39 is 11.8 Å². The summed E-state index contributed by atoms with van der Waals surface area (Å²) in [5.41, 5.74) is 0.963. The molecule has 0 fully saturated rings. The fourth-order valence-electron chi connectivity index (χ4n) is 1.88. The van der Waals surface area contributed by atoms with Crippen molar-refractivity contribution in [1.29, 1.82) is 5.26 Å². The Morgan fingerprint density at radius 2 is 2.10 bits per heavy atom. The number of carbonyl (C=O) groups excluding carboxylic acids is 2. The highest BCUT2D eigenvalue weighted by Crippen LogP contribution is 2.20. The third-order valence-electron chi connectivity index (χ3n) is 3.21. The Morgan fingerprint density at radius 1 is 1.43 bits per heavy atom. The summed E-state index contributed by atoms with van der Waals surface area (Å²) in [6, 6.07) is 9.12. The van der Waals surface area contributed by atoms with Gasteiger partial charge >= 0.3 is 11.8 Å². The van der Waals surface area contributed by atoms with Gasteiger partial charge in [0.2, 0.25) is 0 Å². The molecule has 0 heterocycles. The molecule has 0 saturated carbocycles. The van der Waals surface area contributed by atoms with Crippen molar-refractivity contribution in [1.82, 2.24) is 10.2 Å². The van der Waals surface area contributed by atoms with E-state index in [4.69, 9.17) is 10.00 Å². The van der Waals surface area contributed by atoms with Gasteiger partial charge in [-0.25, -0.2) is 0 Å². The van der Waals surface area contributed by atoms with Gasteiger partial charge in [0.1, 0.15) is 12.3 Å². The third-order valence-corrected chi connectivity index (χ3v) is 3.21. The quantitative estimate of drug-likeness (QED) is 0.639. The third kappa shape index (κ3) is 4.49. The second-order valence-corrected chi connectivity index (χ2v) is 4.62. The summed E-state index contributed by atoms with van der Waals surface area (Å²) in [4.78, 5) is 24.8. The molecule has 1 N–H and O–H groups in total. The maximum Gasteiger partial charge on any atom is 0.311 e. The first-order valence-electron chi connectivity index (χ1n) is 6.55. The molecule has 0 radical (unpaired) electrons. The van der Waals surface area contributed by atoms with Gasteiger partial charge in [0, 0.05) is 13.1 Å². The van der Waals surface area contributed by atoms with Gasteiger partial charge in [-0.3, -0.25) is 9.59 Å². The molecular weight excluding hydrogens is 270 g/mol. The van der Waals surface area contributed by atoms with Crippen LogP contribution >= 0.6 is 0 Å². The van der Waals surface area contributed by atoms with Crippen molar-refractivity contribution < 1.29 is 14.3 Å². The zero-order valence-corrected chi connectivity index (χ0v) is 12.4. The molecule has 6 nitrogen and oxygen atoms in total. The second-order valence-electron chi connectivity index (χ2n) is 4.62. The molecule has 1 atom stereocenters. The van der Waals surface area contributed by atoms with Crippen LogP contribution in [0.5, 0.6) is 5.75 Å². The molecule has 2 amide bonds. The van der Waals surface area contributed by atoms with Gasteiger partial charge in [-0.05, 0) is 25.0 Å². The lowest BCUT2D eigenvalue weighted by molar-refractivity contribution is -0.146. The number of ether oxygens (including phenoxy) is 1. The number of hydrogen-bond donors (Lipinski definition) is 1. The number of hydrogen-bond acceptors (Lipinski definition) is 4. The minimum Gasteiger partial charge on any atom is -0.496 e. The monoisotopic (exact) mass is 289 g/mol. The topological polar surface area (TPSA) is 82.4 Å². The summed E-state index contributed by atoms with van der Waals surface area (Å²) >= 11 is 0. The van der Waals surface area contributed by atoms with Gasteiger partial charge in [0.05, 0.1) is 13.2 Å². The Kier molecular flexibility index (Phi) is 6.21. The van der Waals surface area contributed by atoms with E-state index in [9.17, 15) is 9.59 Å². The molecule has 1 aromatic carbocycles. The van der Waals surface area contributed by atoms with Crippen LogP contribution in [0.25, 0.3) is 0 Å². The molecule has 0 spiro atoms. The predicted molar refractivity (Wildman–Crippen MR) is 77.6 cm³/mol. The zero-order valence-electron chi connectivity index (χ0n) is 12.4. The van der Waals surface area contributed by atoms with Crippen molar-refractivity contribution in [2.45, 2.75) is 19.4 Å². The highest BCUT2D eigenvalue weighted by atomic mass is 16.5. The number of carbonyl (C=O) groups is 2. The number of amides is 2. The van der Waals surface area contributed by atoms with Crippen LogP contribution in [0.1, 0.15) is 12.5 Å². The molecule has 0 saturated heterocycles. The van der Waals surface area contributed by atoms with E-state index in [0.717, 1.165) is 11.3 Å². The second kappa shape index (κ2) is 7.90. The van der Waals surface area contributed by atoms with E-state index in [1.807, 2.05) is 31.2 Å². The molecule has 21 heavy (non-hydrogen) atoms. The van der Waals surface area contributed by atoms with Gasteiger partial charge in [0.15, 0.2) is 0 Å². The predicted octanol–water partition coefficient (Wildman–Crippen LogP) is 0.724. The number of rotatable bonds is 5. The normalized spacial score (nSPS) is 11.1. The van der Waals surface area contributed by atoms with E-state index >= 15 is 0 Å². The van der Waals surface area contributed by atoms with Gasteiger partial charge < -0.3 is 15.0 Å². The van der Waals surface area contributed by atoms with Crippen LogP contribution in [0.15, 0.2) is 24.3 Å². The average molecular weight is 289 g/mol. The Hall–Kier alpha value is -2.55. The smallest absolute Gasteiger partial charge is 0.311 e. The lowest BCUT2D eigenvalue weighted by atomic mass is 10.1. The summed E-state index contributed by atoms with van der Waals surface area (Å²) in [5.74, 6) is -0.683. The molecule has 0 aromatic heterocycles. The van der Waals surface area contributed by atoms with Gasteiger partial charge in [-0.1, -0.05) is 18.2 Å². The summed E-state index contributed by atoms with van der Waals surface area (Å²) in [7, 11) is 3.15. The van der Waals surface area contributed by atoms with Crippen molar-refractivity contribution in [2.75, 3.05) is 20.7 Å². The number of nitrogens with zero attached hydrogens (tertiary/aromatic N) is 2. The number of methoxy groups -OCH3 is 1. The molecule has 1 rings (SSSR count). The fourth-order valence-corrected chi connectivity index (χ4v) is 1.88. The summed E-state index contributed by atoms with van der Waals surface area (Å²) in [6.45, 7) is 1.67. The average Bonchev–Trinajstić information content (AvgIpc) is 2.51. The molecule has 112 valence electrons. The Bertz CT molecular complexity index is 551. The molecule has 0 aliphatic heterocycles. The van der Waals surface area contributed by atoms with E-state index in [0.29, 0.717) is 6.42 Å². The van der Waals surface area contributed by atoms with Crippen LogP contribution in [0.2, 0.25) is 0 Å². The number of para-hydroxylation sites is 1.